The van der Waals surface area contributed by atoms with Crippen molar-refractivity contribution in [2.45, 2.75) is 63.9 Å². The van der Waals surface area contributed by atoms with Crippen LogP contribution < -0.4 is 0 Å². The molecule has 0 aliphatic heterocycles. The van der Waals surface area contributed by atoms with Crippen molar-refractivity contribution in [3.8, 4) is 0 Å². The summed E-state index contributed by atoms with van der Waals surface area (Å²) in [4.78, 5) is 4.28. The van der Waals surface area contributed by atoms with Gasteiger partial charge < -0.3 is 9.63 Å². The minimum absolute atomic E-state index is 0.344. The van der Waals surface area contributed by atoms with E-state index in [-0.39, 0.29) is 0 Å². The Labute approximate surface area is 96.1 Å². The third-order valence-electron chi connectivity index (χ3n) is 3.29. The molecule has 16 heavy (non-hydrogen) atoms. The topological polar surface area (TPSA) is 59.2 Å². The molecule has 0 aromatic carbocycles. The van der Waals surface area contributed by atoms with Crippen LogP contribution in [0.1, 0.15) is 75.6 Å². The fourth-order valence-electron chi connectivity index (χ4n) is 2.30. The number of aliphatic hydroxyl groups excluding tert-OH is 1. The van der Waals surface area contributed by atoms with Crippen LogP contribution in [0.4, 0.5) is 0 Å². The van der Waals surface area contributed by atoms with Crippen LogP contribution in [0.2, 0.25) is 0 Å². The maximum Gasteiger partial charge on any atom is 0.255 e. The molecule has 1 aromatic rings. The van der Waals surface area contributed by atoms with Crippen LogP contribution in [0.3, 0.4) is 0 Å². The monoisotopic (exact) mass is 224 g/mol. The predicted molar refractivity (Wildman–Crippen MR) is 60.0 cm³/mol. The van der Waals surface area contributed by atoms with Crippen molar-refractivity contribution in [1.29, 1.82) is 0 Å². The number of aliphatic hydroxyl groups is 1. The average Bonchev–Trinajstić information content (AvgIpc) is 2.66. The second-order valence-electron chi connectivity index (χ2n) is 4.71. The van der Waals surface area contributed by atoms with E-state index in [0.717, 1.165) is 18.7 Å². The maximum atomic E-state index is 9.34. The average molecular weight is 224 g/mol. The van der Waals surface area contributed by atoms with Gasteiger partial charge in [0.1, 0.15) is 6.10 Å². The molecule has 1 atom stereocenters. The summed E-state index contributed by atoms with van der Waals surface area (Å²) in [6.45, 7) is 1.65. The molecule has 0 amide bonds. The zero-order valence-corrected chi connectivity index (χ0v) is 9.85. The van der Waals surface area contributed by atoms with Crippen molar-refractivity contribution < 1.29 is 9.63 Å². The quantitative estimate of drug-likeness (QED) is 0.839. The highest BCUT2D eigenvalue weighted by Crippen LogP contribution is 2.29. The fourth-order valence-corrected chi connectivity index (χ4v) is 2.30. The highest BCUT2D eigenvalue weighted by Gasteiger charge is 2.20. The second-order valence-corrected chi connectivity index (χ2v) is 4.71. The summed E-state index contributed by atoms with van der Waals surface area (Å²) in [6.07, 6.45) is 8.15. The zero-order chi connectivity index (χ0) is 11.4. The molecule has 1 aromatic heterocycles. The Bertz CT molecular complexity index is 315. The van der Waals surface area contributed by atoms with Crippen LogP contribution in [0.15, 0.2) is 4.52 Å². The minimum Gasteiger partial charge on any atom is -0.384 e. The Hall–Kier alpha value is -0.900. The van der Waals surface area contributed by atoms with E-state index in [1.54, 1.807) is 6.92 Å². The molecule has 0 radical (unpaired) electrons. The second kappa shape index (κ2) is 5.43. The van der Waals surface area contributed by atoms with E-state index in [1.165, 1.54) is 32.1 Å². The normalized spacial score (nSPS) is 21.4. The summed E-state index contributed by atoms with van der Waals surface area (Å²) in [7, 11) is 0. The van der Waals surface area contributed by atoms with E-state index < -0.39 is 6.10 Å². The molecule has 1 saturated carbocycles. The fraction of sp³-hybridized carbons (Fsp3) is 0.833. The molecule has 1 fully saturated rings. The van der Waals surface area contributed by atoms with Gasteiger partial charge in [-0.15, -0.1) is 0 Å². The lowest BCUT2D eigenvalue weighted by molar-refractivity contribution is 0.151. The lowest BCUT2D eigenvalue weighted by atomic mass is 9.91. The molecule has 1 aliphatic carbocycles. The Morgan fingerprint density at radius 1 is 1.19 bits per heavy atom. The van der Waals surface area contributed by atoms with Gasteiger partial charge >= 0.3 is 0 Å². The van der Waals surface area contributed by atoms with Gasteiger partial charge in [0, 0.05) is 5.92 Å². The van der Waals surface area contributed by atoms with E-state index in [4.69, 9.17) is 4.52 Å². The standard InChI is InChI=1S/C12H20N2O2/c1-9(15)12-13-11(14-16-12)10-7-5-3-2-4-6-8-10/h9-10,15H,2-8H2,1H3. The molecule has 90 valence electrons. The van der Waals surface area contributed by atoms with Crippen molar-refractivity contribution in [3.63, 3.8) is 0 Å². The number of aromatic nitrogens is 2. The van der Waals surface area contributed by atoms with Crippen LogP contribution in [-0.4, -0.2) is 15.2 Å². The van der Waals surface area contributed by atoms with Crippen molar-refractivity contribution in [1.82, 2.24) is 10.1 Å². The Balaban J connectivity index is 2.02. The molecular weight excluding hydrogens is 204 g/mol. The predicted octanol–water partition coefficient (Wildman–Crippen LogP) is 2.95. The van der Waals surface area contributed by atoms with Crippen molar-refractivity contribution in [3.05, 3.63) is 11.7 Å². The van der Waals surface area contributed by atoms with Gasteiger partial charge in [0.2, 0.25) is 0 Å². The van der Waals surface area contributed by atoms with E-state index in [1.807, 2.05) is 0 Å². The summed E-state index contributed by atoms with van der Waals surface area (Å²) >= 11 is 0. The third-order valence-corrected chi connectivity index (χ3v) is 3.29. The highest BCUT2D eigenvalue weighted by molar-refractivity contribution is 4.97. The first kappa shape index (κ1) is 11.6. The molecule has 1 N–H and O–H groups in total. The first-order valence-corrected chi connectivity index (χ1v) is 6.29. The van der Waals surface area contributed by atoms with E-state index in [2.05, 4.69) is 10.1 Å². The van der Waals surface area contributed by atoms with Gasteiger partial charge in [0.25, 0.3) is 5.89 Å². The molecule has 1 unspecified atom stereocenters. The Kier molecular flexibility index (Phi) is 3.93. The largest absolute Gasteiger partial charge is 0.384 e. The molecule has 4 nitrogen and oxygen atoms in total. The molecule has 0 spiro atoms. The molecule has 1 heterocycles. The number of nitrogens with zero attached hydrogens (tertiary/aromatic N) is 2. The van der Waals surface area contributed by atoms with Gasteiger partial charge in [-0.2, -0.15) is 4.98 Å². The van der Waals surface area contributed by atoms with Crippen molar-refractivity contribution >= 4 is 0 Å². The van der Waals surface area contributed by atoms with Gasteiger partial charge in [-0.25, -0.2) is 0 Å². The summed E-state index contributed by atoms with van der Waals surface area (Å²) in [5.41, 5.74) is 0. The van der Waals surface area contributed by atoms with Crippen molar-refractivity contribution in [2.24, 2.45) is 0 Å². The summed E-state index contributed by atoms with van der Waals surface area (Å²) < 4.78 is 5.04. The van der Waals surface area contributed by atoms with Gasteiger partial charge in [-0.05, 0) is 19.8 Å². The summed E-state index contributed by atoms with van der Waals surface area (Å²) in [5.74, 6) is 1.56. The molecule has 0 saturated heterocycles. The third kappa shape index (κ3) is 2.82. The van der Waals surface area contributed by atoms with Crippen LogP contribution in [-0.2, 0) is 0 Å². The lowest BCUT2D eigenvalue weighted by Gasteiger charge is -2.15. The van der Waals surface area contributed by atoms with Crippen molar-refractivity contribution in [2.75, 3.05) is 0 Å². The van der Waals surface area contributed by atoms with Crippen LogP contribution in [0, 0.1) is 0 Å². The minimum atomic E-state index is -0.658. The molecule has 2 rings (SSSR count). The summed E-state index contributed by atoms with van der Waals surface area (Å²) in [5, 5.41) is 13.3. The van der Waals surface area contributed by atoms with Gasteiger partial charge in [0.15, 0.2) is 5.82 Å². The summed E-state index contributed by atoms with van der Waals surface area (Å²) in [6, 6.07) is 0. The number of hydrogen-bond acceptors (Lipinski definition) is 4. The van der Waals surface area contributed by atoms with Gasteiger partial charge in [-0.3, -0.25) is 0 Å². The highest BCUT2D eigenvalue weighted by atomic mass is 16.5. The van der Waals surface area contributed by atoms with E-state index in [9.17, 15) is 5.11 Å². The van der Waals surface area contributed by atoms with Crippen LogP contribution in [0.25, 0.3) is 0 Å². The molecule has 1 aliphatic rings. The van der Waals surface area contributed by atoms with Crippen LogP contribution >= 0.6 is 0 Å². The lowest BCUT2D eigenvalue weighted by Crippen LogP contribution is -2.04. The van der Waals surface area contributed by atoms with Gasteiger partial charge in [-0.1, -0.05) is 37.3 Å². The van der Waals surface area contributed by atoms with E-state index in [0.29, 0.717) is 11.8 Å². The maximum absolute atomic E-state index is 9.34. The molecule has 0 bridgehead atoms. The smallest absolute Gasteiger partial charge is 0.255 e. The SMILES string of the molecule is CC(O)c1nc(C2CCCCCCC2)no1. The van der Waals surface area contributed by atoms with Gasteiger partial charge in [0.05, 0.1) is 0 Å². The van der Waals surface area contributed by atoms with E-state index >= 15 is 0 Å². The van der Waals surface area contributed by atoms with Crippen LogP contribution in [0.5, 0.6) is 0 Å². The number of rotatable bonds is 2. The number of hydrogen-bond donors (Lipinski definition) is 1. The first-order chi connectivity index (χ1) is 7.77. The molecular formula is C12H20N2O2. The molecule has 4 heteroatoms. The zero-order valence-electron chi connectivity index (χ0n) is 9.85. The Morgan fingerprint density at radius 2 is 1.81 bits per heavy atom. The first-order valence-electron chi connectivity index (χ1n) is 6.29. The Morgan fingerprint density at radius 3 is 2.38 bits per heavy atom.